The van der Waals surface area contributed by atoms with Gasteiger partial charge in [0, 0.05) is 43.2 Å². The predicted octanol–water partition coefficient (Wildman–Crippen LogP) is 0.819. The molecule has 2 rings (SSSR count). The smallest absolute Gasteiger partial charge is 0.0493 e. The number of rotatable bonds is 2. The number of pyridine rings is 1. The van der Waals surface area contributed by atoms with Gasteiger partial charge in [0.05, 0.1) is 0 Å². The summed E-state index contributed by atoms with van der Waals surface area (Å²) in [6.07, 6.45) is 1.83. The van der Waals surface area contributed by atoms with Crippen molar-refractivity contribution in [2.24, 2.45) is 5.92 Å². The van der Waals surface area contributed by atoms with E-state index in [4.69, 9.17) is 5.11 Å². The minimum Gasteiger partial charge on any atom is -0.396 e. The average Bonchev–Trinajstić information content (AvgIpc) is 2.02. The van der Waals surface area contributed by atoms with Crippen LogP contribution in [0.15, 0.2) is 18.3 Å². The Labute approximate surface area is 78.0 Å². The first-order chi connectivity index (χ1) is 6.29. The Morgan fingerprint density at radius 1 is 1.62 bits per heavy atom. The van der Waals surface area contributed by atoms with Gasteiger partial charge in [0.15, 0.2) is 0 Å². The molecule has 0 aromatic carbocycles. The van der Waals surface area contributed by atoms with Crippen LogP contribution in [0.1, 0.15) is 5.69 Å². The minimum atomic E-state index is 0.306. The molecule has 1 fully saturated rings. The third kappa shape index (κ3) is 1.65. The van der Waals surface area contributed by atoms with Crippen LogP contribution in [0, 0.1) is 12.8 Å². The highest BCUT2D eigenvalue weighted by Crippen LogP contribution is 2.23. The molecule has 70 valence electrons. The van der Waals surface area contributed by atoms with Gasteiger partial charge in [-0.15, -0.1) is 0 Å². The summed E-state index contributed by atoms with van der Waals surface area (Å²) in [5.41, 5.74) is 2.27. The molecule has 1 aliphatic heterocycles. The van der Waals surface area contributed by atoms with Gasteiger partial charge in [-0.3, -0.25) is 4.98 Å². The van der Waals surface area contributed by atoms with Crippen molar-refractivity contribution in [2.75, 3.05) is 24.6 Å². The standard InChI is InChI=1S/C10H14N2O/c1-8-4-10(2-3-11-8)12-5-9(6-12)7-13/h2-4,9,13H,5-7H2,1H3. The maximum atomic E-state index is 8.87. The monoisotopic (exact) mass is 178 g/mol. The lowest BCUT2D eigenvalue weighted by Crippen LogP contribution is -2.48. The third-order valence-electron chi connectivity index (χ3n) is 2.46. The van der Waals surface area contributed by atoms with Crippen LogP contribution in [-0.4, -0.2) is 29.8 Å². The average molecular weight is 178 g/mol. The zero-order valence-corrected chi connectivity index (χ0v) is 7.77. The van der Waals surface area contributed by atoms with Crippen molar-refractivity contribution in [3.63, 3.8) is 0 Å². The molecule has 1 saturated heterocycles. The SMILES string of the molecule is Cc1cc(N2CC(CO)C2)ccn1. The summed E-state index contributed by atoms with van der Waals surface area (Å²) in [6, 6.07) is 4.09. The fourth-order valence-corrected chi connectivity index (χ4v) is 1.62. The Morgan fingerprint density at radius 2 is 2.38 bits per heavy atom. The van der Waals surface area contributed by atoms with Gasteiger partial charge in [-0.25, -0.2) is 0 Å². The molecule has 0 atom stereocenters. The number of anilines is 1. The maximum Gasteiger partial charge on any atom is 0.0493 e. The van der Waals surface area contributed by atoms with E-state index < -0.39 is 0 Å². The van der Waals surface area contributed by atoms with Crippen LogP contribution in [0.2, 0.25) is 0 Å². The first-order valence-corrected chi connectivity index (χ1v) is 4.58. The molecular weight excluding hydrogens is 164 g/mol. The summed E-state index contributed by atoms with van der Waals surface area (Å²) in [7, 11) is 0. The van der Waals surface area contributed by atoms with Crippen LogP contribution in [0.3, 0.4) is 0 Å². The van der Waals surface area contributed by atoms with Gasteiger partial charge in [-0.1, -0.05) is 0 Å². The Hall–Kier alpha value is -1.09. The van der Waals surface area contributed by atoms with Gasteiger partial charge >= 0.3 is 0 Å². The van der Waals surface area contributed by atoms with Gasteiger partial charge in [0.1, 0.15) is 0 Å². The normalized spacial score (nSPS) is 17.2. The van der Waals surface area contributed by atoms with Crippen molar-refractivity contribution in [1.82, 2.24) is 4.98 Å². The minimum absolute atomic E-state index is 0.306. The van der Waals surface area contributed by atoms with Crippen molar-refractivity contribution < 1.29 is 5.11 Å². The topological polar surface area (TPSA) is 36.4 Å². The number of aromatic nitrogens is 1. The lowest BCUT2D eigenvalue weighted by Gasteiger charge is -2.40. The van der Waals surface area contributed by atoms with Crippen LogP contribution >= 0.6 is 0 Å². The summed E-state index contributed by atoms with van der Waals surface area (Å²) in [4.78, 5) is 6.40. The summed E-state index contributed by atoms with van der Waals surface area (Å²) in [6.45, 7) is 4.24. The molecule has 2 heterocycles. The van der Waals surface area contributed by atoms with E-state index in [9.17, 15) is 0 Å². The molecule has 0 amide bonds. The van der Waals surface area contributed by atoms with Crippen LogP contribution in [0.4, 0.5) is 5.69 Å². The fraction of sp³-hybridized carbons (Fsp3) is 0.500. The molecule has 0 aliphatic carbocycles. The molecule has 0 saturated carbocycles. The van der Waals surface area contributed by atoms with E-state index in [1.54, 1.807) is 0 Å². The number of aryl methyl sites for hydroxylation is 1. The Kier molecular flexibility index (Phi) is 2.19. The number of hydrogen-bond donors (Lipinski definition) is 1. The number of nitrogens with zero attached hydrogens (tertiary/aromatic N) is 2. The molecule has 0 spiro atoms. The zero-order valence-electron chi connectivity index (χ0n) is 7.77. The van der Waals surface area contributed by atoms with Crippen LogP contribution < -0.4 is 4.90 Å². The predicted molar refractivity (Wildman–Crippen MR) is 51.8 cm³/mol. The van der Waals surface area contributed by atoms with E-state index in [1.807, 2.05) is 19.2 Å². The largest absolute Gasteiger partial charge is 0.396 e. The van der Waals surface area contributed by atoms with Crippen molar-refractivity contribution in [2.45, 2.75) is 6.92 Å². The maximum absolute atomic E-state index is 8.87. The van der Waals surface area contributed by atoms with E-state index >= 15 is 0 Å². The molecule has 1 aliphatic rings. The van der Waals surface area contributed by atoms with Crippen molar-refractivity contribution in [3.8, 4) is 0 Å². The highest BCUT2D eigenvalue weighted by atomic mass is 16.3. The second-order valence-corrected chi connectivity index (χ2v) is 3.61. The Morgan fingerprint density at radius 3 is 3.00 bits per heavy atom. The third-order valence-corrected chi connectivity index (χ3v) is 2.46. The second-order valence-electron chi connectivity index (χ2n) is 3.61. The summed E-state index contributed by atoms with van der Waals surface area (Å²) >= 11 is 0. The quantitative estimate of drug-likeness (QED) is 0.728. The molecule has 3 nitrogen and oxygen atoms in total. The van der Waals surface area contributed by atoms with E-state index in [-0.39, 0.29) is 0 Å². The van der Waals surface area contributed by atoms with Crippen molar-refractivity contribution in [1.29, 1.82) is 0 Å². The summed E-state index contributed by atoms with van der Waals surface area (Å²) in [5.74, 6) is 0.466. The van der Waals surface area contributed by atoms with E-state index in [0.29, 0.717) is 12.5 Å². The van der Waals surface area contributed by atoms with E-state index in [0.717, 1.165) is 18.8 Å². The number of aliphatic hydroxyl groups excluding tert-OH is 1. The molecule has 1 aromatic rings. The molecule has 3 heteroatoms. The van der Waals surface area contributed by atoms with Crippen molar-refractivity contribution >= 4 is 5.69 Å². The Bertz CT molecular complexity index is 295. The second kappa shape index (κ2) is 3.34. The molecule has 0 radical (unpaired) electrons. The molecule has 1 N–H and O–H groups in total. The highest BCUT2D eigenvalue weighted by molar-refractivity contribution is 5.48. The molecule has 1 aromatic heterocycles. The summed E-state index contributed by atoms with van der Waals surface area (Å²) in [5, 5.41) is 8.87. The summed E-state index contributed by atoms with van der Waals surface area (Å²) < 4.78 is 0. The highest BCUT2D eigenvalue weighted by Gasteiger charge is 2.25. The van der Waals surface area contributed by atoms with Gasteiger partial charge in [0.2, 0.25) is 0 Å². The lowest BCUT2D eigenvalue weighted by molar-refractivity contribution is 0.201. The van der Waals surface area contributed by atoms with Crippen LogP contribution in [0.5, 0.6) is 0 Å². The first-order valence-electron chi connectivity index (χ1n) is 4.58. The lowest BCUT2D eigenvalue weighted by atomic mass is 10.0. The van der Waals surface area contributed by atoms with E-state index in [1.165, 1.54) is 5.69 Å². The molecule has 0 bridgehead atoms. The van der Waals surface area contributed by atoms with Crippen molar-refractivity contribution in [3.05, 3.63) is 24.0 Å². The van der Waals surface area contributed by atoms with E-state index in [2.05, 4.69) is 16.0 Å². The number of hydrogen-bond acceptors (Lipinski definition) is 3. The van der Waals surface area contributed by atoms with Crippen LogP contribution in [0.25, 0.3) is 0 Å². The molecule has 13 heavy (non-hydrogen) atoms. The Balaban J connectivity index is 2.03. The zero-order chi connectivity index (χ0) is 9.26. The van der Waals surface area contributed by atoms with Gasteiger partial charge in [0.25, 0.3) is 0 Å². The van der Waals surface area contributed by atoms with Gasteiger partial charge < -0.3 is 10.0 Å². The first kappa shape index (κ1) is 8.51. The fourth-order valence-electron chi connectivity index (χ4n) is 1.62. The molecular formula is C10H14N2O. The van der Waals surface area contributed by atoms with Crippen LogP contribution in [-0.2, 0) is 0 Å². The molecule has 0 unspecified atom stereocenters. The van der Waals surface area contributed by atoms with Gasteiger partial charge in [-0.2, -0.15) is 0 Å². The number of aliphatic hydroxyl groups is 1. The van der Waals surface area contributed by atoms with Gasteiger partial charge in [-0.05, 0) is 19.1 Å².